The molecule has 1 aromatic carbocycles. The topological polar surface area (TPSA) is 57.5 Å². The van der Waals surface area contributed by atoms with E-state index in [0.717, 1.165) is 92.7 Å². The Hall–Kier alpha value is -2.93. The number of hydrogen-bond donors (Lipinski definition) is 0. The van der Waals surface area contributed by atoms with E-state index >= 15 is 0 Å². The zero-order valence-electron chi connectivity index (χ0n) is 21.5. The molecule has 0 radical (unpaired) electrons. The van der Waals surface area contributed by atoms with Gasteiger partial charge in [-0.15, -0.1) is 0 Å². The fourth-order valence-corrected chi connectivity index (χ4v) is 5.97. The summed E-state index contributed by atoms with van der Waals surface area (Å²) >= 11 is 0. The molecule has 1 saturated carbocycles. The van der Waals surface area contributed by atoms with Gasteiger partial charge in [0.1, 0.15) is 5.69 Å². The average molecular weight is 487 g/mol. The lowest BCUT2D eigenvalue weighted by molar-refractivity contribution is 0.0752. The van der Waals surface area contributed by atoms with Crippen LogP contribution in [-0.4, -0.2) is 75.6 Å². The van der Waals surface area contributed by atoms with Gasteiger partial charge in [-0.2, -0.15) is 0 Å². The van der Waals surface area contributed by atoms with Crippen LogP contribution in [0.2, 0.25) is 0 Å². The van der Waals surface area contributed by atoms with Gasteiger partial charge in [0.05, 0.1) is 5.69 Å². The number of aromatic nitrogens is 3. The molecular weight excluding hydrogens is 448 g/mol. The Kier molecular flexibility index (Phi) is 6.65. The molecule has 0 unspecified atom stereocenters. The second kappa shape index (κ2) is 10.2. The molecule has 7 nitrogen and oxygen atoms in total. The molecule has 1 amide bonds. The molecule has 3 aromatic rings. The van der Waals surface area contributed by atoms with Crippen molar-refractivity contribution in [2.45, 2.75) is 64.5 Å². The normalized spacial score (nSPS) is 19.2. The summed E-state index contributed by atoms with van der Waals surface area (Å²) in [5.41, 5.74) is 4.27. The minimum Gasteiger partial charge on any atom is -0.338 e. The third-order valence-corrected chi connectivity index (χ3v) is 8.45. The summed E-state index contributed by atoms with van der Waals surface area (Å²) in [6, 6.07) is 11.2. The van der Waals surface area contributed by atoms with Crippen molar-refractivity contribution >= 4 is 22.8 Å². The molecule has 0 bridgehead atoms. The molecule has 190 valence electrons. The molecule has 6 rings (SSSR count). The summed E-state index contributed by atoms with van der Waals surface area (Å²) in [4.78, 5) is 30.5. The van der Waals surface area contributed by atoms with E-state index in [2.05, 4.69) is 45.6 Å². The number of amides is 1. The van der Waals surface area contributed by atoms with E-state index < -0.39 is 0 Å². The predicted octanol–water partition coefficient (Wildman–Crippen LogP) is 4.15. The molecule has 1 aliphatic carbocycles. The summed E-state index contributed by atoms with van der Waals surface area (Å²) in [6.07, 6.45) is 9.91. The number of carbonyl (C=O) groups excluding carboxylic acids is 1. The van der Waals surface area contributed by atoms with Gasteiger partial charge >= 0.3 is 0 Å². The first-order valence-corrected chi connectivity index (χ1v) is 13.9. The lowest BCUT2D eigenvalue weighted by Crippen LogP contribution is -2.52. The van der Waals surface area contributed by atoms with Gasteiger partial charge in [-0.3, -0.25) is 9.69 Å². The predicted molar refractivity (Wildman–Crippen MR) is 144 cm³/mol. The van der Waals surface area contributed by atoms with Crippen LogP contribution in [0.3, 0.4) is 0 Å². The van der Waals surface area contributed by atoms with E-state index in [-0.39, 0.29) is 5.91 Å². The van der Waals surface area contributed by atoms with Crippen molar-refractivity contribution in [1.82, 2.24) is 24.3 Å². The van der Waals surface area contributed by atoms with Crippen LogP contribution in [0.1, 0.15) is 60.8 Å². The first-order chi connectivity index (χ1) is 17.7. The Morgan fingerprint density at radius 2 is 1.83 bits per heavy atom. The van der Waals surface area contributed by atoms with Crippen LogP contribution in [0.25, 0.3) is 10.9 Å². The number of unbranched alkanes of at least 4 members (excludes halogenated alkanes) is 1. The van der Waals surface area contributed by atoms with Gasteiger partial charge in [-0.05, 0) is 43.4 Å². The van der Waals surface area contributed by atoms with Crippen molar-refractivity contribution < 1.29 is 4.79 Å². The van der Waals surface area contributed by atoms with Crippen molar-refractivity contribution in [3.8, 4) is 0 Å². The van der Waals surface area contributed by atoms with Gasteiger partial charge in [-0.25, -0.2) is 9.97 Å². The van der Waals surface area contributed by atoms with E-state index in [1.165, 1.54) is 24.8 Å². The van der Waals surface area contributed by atoms with Crippen LogP contribution in [0.5, 0.6) is 0 Å². The third kappa shape index (κ3) is 4.49. The Morgan fingerprint density at radius 1 is 1.03 bits per heavy atom. The van der Waals surface area contributed by atoms with E-state index in [1.54, 1.807) is 0 Å². The Labute approximate surface area is 214 Å². The van der Waals surface area contributed by atoms with Crippen LogP contribution in [0.15, 0.2) is 36.5 Å². The smallest absolute Gasteiger partial charge is 0.270 e. The maximum absolute atomic E-state index is 13.7. The quantitative estimate of drug-likeness (QED) is 0.524. The van der Waals surface area contributed by atoms with Crippen LogP contribution >= 0.6 is 0 Å². The number of benzene rings is 1. The summed E-state index contributed by atoms with van der Waals surface area (Å²) < 4.78 is 2.22. The van der Waals surface area contributed by atoms with Gasteiger partial charge in [0.2, 0.25) is 5.95 Å². The Morgan fingerprint density at radius 3 is 2.61 bits per heavy atom. The van der Waals surface area contributed by atoms with Crippen molar-refractivity contribution in [3.63, 3.8) is 0 Å². The maximum atomic E-state index is 13.7. The number of anilines is 1. The van der Waals surface area contributed by atoms with Gasteiger partial charge in [0, 0.05) is 75.4 Å². The highest BCUT2D eigenvalue weighted by molar-refractivity contribution is 5.98. The molecule has 2 fully saturated rings. The van der Waals surface area contributed by atoms with Crippen molar-refractivity contribution in [1.29, 1.82) is 0 Å². The second-order valence-electron chi connectivity index (χ2n) is 10.6. The number of carbonyl (C=O) groups is 1. The molecule has 3 aliphatic rings. The van der Waals surface area contributed by atoms with Crippen molar-refractivity contribution in [3.05, 3.63) is 53.5 Å². The fourth-order valence-electron chi connectivity index (χ4n) is 5.97. The highest BCUT2D eigenvalue weighted by Gasteiger charge is 2.29. The monoisotopic (exact) mass is 486 g/mol. The molecule has 2 aromatic heterocycles. The Bertz CT molecular complexity index is 1220. The lowest BCUT2D eigenvalue weighted by atomic mass is 9.91. The van der Waals surface area contributed by atoms with Crippen molar-refractivity contribution in [2.75, 3.05) is 44.2 Å². The fraction of sp³-hybridized carbons (Fsp3) is 0.552. The highest BCUT2D eigenvalue weighted by atomic mass is 16.2. The standard InChI is InChI=1S/C29H38N6O/c1-2-3-13-35-26-10-5-4-7-22(26)20-27(35)28(36)33-14-11-23-21-30-29(31-25(23)12-15-33)34-18-16-32(17-19-34)24-8-6-9-24/h4-5,7,10,20-21,24H,2-3,6,8-9,11-19H2,1H3. The largest absolute Gasteiger partial charge is 0.338 e. The number of aryl methyl sites for hydroxylation is 1. The number of piperazine rings is 1. The van der Waals surface area contributed by atoms with Crippen molar-refractivity contribution in [2.24, 2.45) is 0 Å². The molecule has 4 heterocycles. The molecule has 36 heavy (non-hydrogen) atoms. The number of hydrogen-bond acceptors (Lipinski definition) is 5. The van der Waals surface area contributed by atoms with Crippen LogP contribution in [0.4, 0.5) is 5.95 Å². The lowest BCUT2D eigenvalue weighted by Gasteiger charge is -2.43. The summed E-state index contributed by atoms with van der Waals surface area (Å²) in [5.74, 6) is 0.997. The molecule has 2 aliphatic heterocycles. The average Bonchev–Trinajstić information content (AvgIpc) is 3.11. The minimum atomic E-state index is 0.135. The molecule has 0 spiro atoms. The molecule has 0 N–H and O–H groups in total. The number of rotatable bonds is 6. The zero-order valence-corrected chi connectivity index (χ0v) is 21.5. The second-order valence-corrected chi connectivity index (χ2v) is 10.6. The minimum absolute atomic E-state index is 0.135. The zero-order chi connectivity index (χ0) is 24.5. The maximum Gasteiger partial charge on any atom is 0.270 e. The first kappa shape index (κ1) is 23.5. The van der Waals surface area contributed by atoms with Gasteiger partial charge in [-0.1, -0.05) is 38.0 Å². The SMILES string of the molecule is CCCCn1c(C(=O)N2CCc3cnc(N4CCN(C5CCC5)CC4)nc3CC2)cc2ccccc21. The summed E-state index contributed by atoms with van der Waals surface area (Å²) in [5, 5.41) is 1.14. The van der Waals surface area contributed by atoms with Gasteiger partial charge < -0.3 is 14.4 Å². The van der Waals surface area contributed by atoms with E-state index in [0.29, 0.717) is 13.1 Å². The summed E-state index contributed by atoms with van der Waals surface area (Å²) in [6.45, 7) is 8.71. The molecular formula is C29H38N6O. The van der Waals surface area contributed by atoms with E-state index in [4.69, 9.17) is 9.97 Å². The summed E-state index contributed by atoms with van der Waals surface area (Å²) in [7, 11) is 0. The highest BCUT2D eigenvalue weighted by Crippen LogP contribution is 2.27. The van der Waals surface area contributed by atoms with Crippen LogP contribution in [-0.2, 0) is 19.4 Å². The van der Waals surface area contributed by atoms with E-state index in [1.807, 2.05) is 17.2 Å². The third-order valence-electron chi connectivity index (χ3n) is 8.45. The number of nitrogens with zero attached hydrogens (tertiary/aromatic N) is 6. The van der Waals surface area contributed by atoms with E-state index in [9.17, 15) is 4.79 Å². The molecule has 7 heteroatoms. The first-order valence-electron chi connectivity index (χ1n) is 13.9. The van der Waals surface area contributed by atoms with Gasteiger partial charge in [0.15, 0.2) is 0 Å². The van der Waals surface area contributed by atoms with Crippen LogP contribution in [0, 0.1) is 0 Å². The molecule has 0 atom stereocenters. The number of fused-ring (bicyclic) bond motifs is 2. The Balaban J connectivity index is 1.15. The van der Waals surface area contributed by atoms with Crippen LogP contribution < -0.4 is 4.90 Å². The number of para-hydroxylation sites is 1. The van der Waals surface area contributed by atoms with Gasteiger partial charge in [0.25, 0.3) is 5.91 Å². The molecule has 1 saturated heterocycles.